The van der Waals surface area contributed by atoms with Crippen LogP contribution in [0.1, 0.15) is 15.9 Å². The molecule has 1 aliphatic rings. The first-order chi connectivity index (χ1) is 9.61. The predicted octanol–water partition coefficient (Wildman–Crippen LogP) is 1.60. The van der Waals surface area contributed by atoms with Gasteiger partial charge < -0.3 is 19.9 Å². The number of rotatable bonds is 4. The SMILES string of the molecule is C=CCOC(=O)NC1COc2cccc(C(=O)O)c2C1. The molecule has 0 spiro atoms. The molecule has 0 aromatic heterocycles. The lowest BCUT2D eigenvalue weighted by atomic mass is 9.97. The van der Waals surface area contributed by atoms with Crippen LogP contribution in [0, 0.1) is 0 Å². The van der Waals surface area contributed by atoms with Crippen LogP contribution < -0.4 is 10.1 Å². The molecular weight excluding hydrogens is 262 g/mol. The number of carbonyl (C=O) groups is 2. The van der Waals surface area contributed by atoms with Gasteiger partial charge in [0.25, 0.3) is 0 Å². The summed E-state index contributed by atoms with van der Waals surface area (Å²) in [6, 6.07) is 4.55. The minimum Gasteiger partial charge on any atom is -0.491 e. The van der Waals surface area contributed by atoms with Crippen LogP contribution in [0.15, 0.2) is 30.9 Å². The zero-order valence-electron chi connectivity index (χ0n) is 10.8. The molecule has 6 nitrogen and oxygen atoms in total. The number of benzene rings is 1. The normalized spacial score (nSPS) is 16.5. The molecule has 6 heteroatoms. The van der Waals surface area contributed by atoms with E-state index in [2.05, 4.69) is 11.9 Å². The summed E-state index contributed by atoms with van der Waals surface area (Å²) in [5, 5.41) is 11.8. The number of carbonyl (C=O) groups excluding carboxylic acids is 1. The number of hydrogen-bond donors (Lipinski definition) is 2. The molecule has 106 valence electrons. The third kappa shape index (κ3) is 3.09. The van der Waals surface area contributed by atoms with Crippen molar-refractivity contribution < 1.29 is 24.2 Å². The summed E-state index contributed by atoms with van der Waals surface area (Å²) in [6.45, 7) is 3.84. The Morgan fingerprint density at radius 3 is 3.05 bits per heavy atom. The van der Waals surface area contributed by atoms with Crippen LogP contribution in [0.4, 0.5) is 4.79 Å². The first kappa shape index (κ1) is 13.9. The van der Waals surface area contributed by atoms with Gasteiger partial charge in [-0.2, -0.15) is 0 Å². The smallest absolute Gasteiger partial charge is 0.407 e. The molecule has 0 saturated heterocycles. The minimum atomic E-state index is -1.01. The number of aromatic carboxylic acids is 1. The van der Waals surface area contributed by atoms with Crippen molar-refractivity contribution in [2.45, 2.75) is 12.5 Å². The zero-order chi connectivity index (χ0) is 14.5. The Bertz CT molecular complexity index is 540. The van der Waals surface area contributed by atoms with Crippen LogP contribution >= 0.6 is 0 Å². The fourth-order valence-corrected chi connectivity index (χ4v) is 2.04. The highest BCUT2D eigenvalue weighted by molar-refractivity contribution is 5.90. The molecule has 2 rings (SSSR count). The Morgan fingerprint density at radius 1 is 1.55 bits per heavy atom. The van der Waals surface area contributed by atoms with E-state index in [4.69, 9.17) is 14.6 Å². The van der Waals surface area contributed by atoms with Gasteiger partial charge in [0.1, 0.15) is 19.0 Å². The highest BCUT2D eigenvalue weighted by atomic mass is 16.5. The third-order valence-electron chi connectivity index (χ3n) is 2.91. The second-order valence-electron chi connectivity index (χ2n) is 4.33. The van der Waals surface area contributed by atoms with Crippen LogP contribution in [0.25, 0.3) is 0 Å². The molecule has 1 amide bonds. The van der Waals surface area contributed by atoms with Crippen molar-refractivity contribution in [2.24, 2.45) is 0 Å². The number of carboxylic acids is 1. The van der Waals surface area contributed by atoms with Gasteiger partial charge in [0.15, 0.2) is 0 Å². The number of fused-ring (bicyclic) bond motifs is 1. The van der Waals surface area contributed by atoms with Gasteiger partial charge in [0.05, 0.1) is 11.6 Å². The average molecular weight is 277 g/mol. The lowest BCUT2D eigenvalue weighted by Gasteiger charge is -2.26. The van der Waals surface area contributed by atoms with Gasteiger partial charge in [0.2, 0.25) is 0 Å². The van der Waals surface area contributed by atoms with Gasteiger partial charge in [-0.25, -0.2) is 9.59 Å². The van der Waals surface area contributed by atoms with Crippen molar-refractivity contribution in [2.75, 3.05) is 13.2 Å². The summed E-state index contributed by atoms with van der Waals surface area (Å²) in [5.41, 5.74) is 0.772. The molecule has 1 aromatic rings. The van der Waals surface area contributed by atoms with E-state index in [-0.39, 0.29) is 24.8 Å². The van der Waals surface area contributed by atoms with Crippen molar-refractivity contribution in [3.05, 3.63) is 42.0 Å². The van der Waals surface area contributed by atoms with E-state index in [0.29, 0.717) is 17.7 Å². The van der Waals surface area contributed by atoms with Gasteiger partial charge in [-0.15, -0.1) is 0 Å². The molecule has 0 fully saturated rings. The average Bonchev–Trinajstić information content (AvgIpc) is 2.44. The maximum Gasteiger partial charge on any atom is 0.407 e. The third-order valence-corrected chi connectivity index (χ3v) is 2.91. The van der Waals surface area contributed by atoms with Crippen LogP contribution in [0.2, 0.25) is 0 Å². The number of amides is 1. The number of alkyl carbamates (subject to hydrolysis) is 1. The van der Waals surface area contributed by atoms with E-state index < -0.39 is 12.1 Å². The van der Waals surface area contributed by atoms with E-state index in [9.17, 15) is 9.59 Å². The molecule has 0 saturated carbocycles. The van der Waals surface area contributed by atoms with Crippen LogP contribution in [0.3, 0.4) is 0 Å². The van der Waals surface area contributed by atoms with E-state index >= 15 is 0 Å². The van der Waals surface area contributed by atoms with Crippen molar-refractivity contribution in [1.82, 2.24) is 5.32 Å². The molecule has 1 heterocycles. The largest absolute Gasteiger partial charge is 0.491 e. The molecule has 0 aliphatic carbocycles. The second-order valence-corrected chi connectivity index (χ2v) is 4.33. The van der Waals surface area contributed by atoms with Crippen molar-refractivity contribution in [1.29, 1.82) is 0 Å². The maximum absolute atomic E-state index is 11.4. The fourth-order valence-electron chi connectivity index (χ4n) is 2.04. The summed E-state index contributed by atoms with van der Waals surface area (Å²) < 4.78 is 10.3. The van der Waals surface area contributed by atoms with Gasteiger partial charge in [0, 0.05) is 12.0 Å². The van der Waals surface area contributed by atoms with E-state index in [1.165, 1.54) is 12.1 Å². The van der Waals surface area contributed by atoms with Crippen molar-refractivity contribution >= 4 is 12.1 Å². The number of nitrogens with one attached hydrogen (secondary N) is 1. The molecule has 1 aliphatic heterocycles. The molecule has 0 radical (unpaired) electrons. The molecule has 1 atom stereocenters. The van der Waals surface area contributed by atoms with Crippen molar-refractivity contribution in [3.63, 3.8) is 0 Å². The monoisotopic (exact) mass is 277 g/mol. The predicted molar refractivity (Wildman–Crippen MR) is 71.1 cm³/mol. The summed E-state index contributed by atoms with van der Waals surface area (Å²) in [6.07, 6.45) is 1.28. The molecule has 0 bridgehead atoms. The van der Waals surface area contributed by atoms with Crippen LogP contribution in [-0.2, 0) is 11.2 Å². The highest BCUT2D eigenvalue weighted by Gasteiger charge is 2.25. The molecule has 1 unspecified atom stereocenters. The van der Waals surface area contributed by atoms with Crippen LogP contribution in [-0.4, -0.2) is 36.4 Å². The van der Waals surface area contributed by atoms with Gasteiger partial charge in [-0.3, -0.25) is 0 Å². The van der Waals surface area contributed by atoms with E-state index in [1.54, 1.807) is 12.1 Å². The Hall–Kier alpha value is -2.50. The molecule has 20 heavy (non-hydrogen) atoms. The molecule has 2 N–H and O–H groups in total. The Morgan fingerprint density at radius 2 is 2.35 bits per heavy atom. The van der Waals surface area contributed by atoms with Crippen LogP contribution in [0.5, 0.6) is 5.75 Å². The fraction of sp³-hybridized carbons (Fsp3) is 0.286. The highest BCUT2D eigenvalue weighted by Crippen LogP contribution is 2.27. The van der Waals surface area contributed by atoms with E-state index in [1.807, 2.05) is 0 Å². The molecule has 1 aromatic carbocycles. The lowest BCUT2D eigenvalue weighted by Crippen LogP contribution is -2.43. The number of ether oxygens (including phenoxy) is 2. The van der Waals surface area contributed by atoms with E-state index in [0.717, 1.165) is 0 Å². The Kier molecular flexibility index (Phi) is 4.24. The first-order valence-electron chi connectivity index (χ1n) is 6.14. The van der Waals surface area contributed by atoms with Crippen molar-refractivity contribution in [3.8, 4) is 5.75 Å². The number of carboxylic acid groups (broad SMARTS) is 1. The lowest BCUT2D eigenvalue weighted by molar-refractivity contribution is 0.0694. The summed E-state index contributed by atoms with van der Waals surface area (Å²) in [4.78, 5) is 22.6. The van der Waals surface area contributed by atoms with Gasteiger partial charge in [-0.1, -0.05) is 18.7 Å². The summed E-state index contributed by atoms with van der Waals surface area (Å²) in [5.74, 6) is -0.470. The summed E-state index contributed by atoms with van der Waals surface area (Å²) >= 11 is 0. The van der Waals surface area contributed by atoms with Gasteiger partial charge >= 0.3 is 12.1 Å². The second kappa shape index (κ2) is 6.10. The minimum absolute atomic E-state index is 0.121. The zero-order valence-corrected chi connectivity index (χ0v) is 10.8. The Balaban J connectivity index is 2.08. The maximum atomic E-state index is 11.4. The van der Waals surface area contributed by atoms with Gasteiger partial charge in [-0.05, 0) is 12.1 Å². The number of hydrogen-bond acceptors (Lipinski definition) is 4. The molecular formula is C14H15NO5. The first-order valence-corrected chi connectivity index (χ1v) is 6.14. The summed E-state index contributed by atoms with van der Waals surface area (Å²) in [7, 11) is 0. The Labute approximate surface area is 116 Å². The standard InChI is InChI=1S/C14H15NO5/c1-2-6-19-14(18)15-9-7-11-10(13(16)17)4-3-5-12(11)20-8-9/h2-5,9H,1,6-8H2,(H,15,18)(H,16,17). The topological polar surface area (TPSA) is 84.9 Å². The quantitative estimate of drug-likeness (QED) is 0.816.